The van der Waals surface area contributed by atoms with Gasteiger partial charge in [-0.3, -0.25) is 9.89 Å². The number of rotatable bonds is 3. The SMILES string of the molecule is CC(NC(=O)c1cc(Br)sc1Br)c1ncn[nH]1. The predicted molar refractivity (Wildman–Crippen MR) is 72.0 cm³/mol. The Labute approximate surface area is 118 Å². The van der Waals surface area contributed by atoms with E-state index < -0.39 is 0 Å². The van der Waals surface area contributed by atoms with Gasteiger partial charge in [-0.15, -0.1) is 11.3 Å². The van der Waals surface area contributed by atoms with E-state index in [-0.39, 0.29) is 11.9 Å². The number of carbonyl (C=O) groups is 1. The van der Waals surface area contributed by atoms with E-state index in [1.807, 2.05) is 6.92 Å². The van der Waals surface area contributed by atoms with E-state index in [9.17, 15) is 4.79 Å². The maximum atomic E-state index is 12.0. The summed E-state index contributed by atoms with van der Waals surface area (Å²) < 4.78 is 1.70. The third-order valence-electron chi connectivity index (χ3n) is 2.09. The van der Waals surface area contributed by atoms with Crippen molar-refractivity contribution in [2.75, 3.05) is 0 Å². The van der Waals surface area contributed by atoms with Crippen LogP contribution in [-0.4, -0.2) is 21.1 Å². The molecule has 0 fully saturated rings. The van der Waals surface area contributed by atoms with Crippen LogP contribution < -0.4 is 5.32 Å². The van der Waals surface area contributed by atoms with Gasteiger partial charge in [0.05, 0.1) is 19.2 Å². The number of thiophene rings is 1. The van der Waals surface area contributed by atoms with Crippen molar-refractivity contribution in [3.05, 3.63) is 31.4 Å². The van der Waals surface area contributed by atoms with Gasteiger partial charge in [-0.1, -0.05) is 0 Å². The van der Waals surface area contributed by atoms with Crippen LogP contribution in [0.5, 0.6) is 0 Å². The molecule has 2 heterocycles. The van der Waals surface area contributed by atoms with Gasteiger partial charge in [0.25, 0.3) is 5.91 Å². The smallest absolute Gasteiger partial charge is 0.253 e. The minimum absolute atomic E-state index is 0.150. The van der Waals surface area contributed by atoms with Crippen LogP contribution in [0, 0.1) is 0 Å². The maximum Gasteiger partial charge on any atom is 0.253 e. The number of aromatic amines is 1. The Hall–Kier alpha value is -0.730. The van der Waals surface area contributed by atoms with Crippen molar-refractivity contribution in [1.82, 2.24) is 20.5 Å². The molecule has 0 saturated heterocycles. The highest BCUT2D eigenvalue weighted by atomic mass is 79.9. The molecule has 0 aromatic carbocycles. The number of hydrogen-bond donors (Lipinski definition) is 2. The summed E-state index contributed by atoms with van der Waals surface area (Å²) >= 11 is 8.14. The molecule has 2 aromatic heterocycles. The van der Waals surface area contributed by atoms with E-state index in [1.165, 1.54) is 17.7 Å². The monoisotopic (exact) mass is 378 g/mol. The molecule has 8 heteroatoms. The predicted octanol–water partition coefficient (Wildman–Crippen LogP) is 2.88. The highest BCUT2D eigenvalue weighted by Gasteiger charge is 2.17. The lowest BCUT2D eigenvalue weighted by molar-refractivity contribution is 0.0938. The molecule has 0 aliphatic carbocycles. The number of amides is 1. The molecule has 1 amide bonds. The third kappa shape index (κ3) is 2.93. The number of nitrogens with one attached hydrogen (secondary N) is 2. The van der Waals surface area contributed by atoms with E-state index in [2.05, 4.69) is 52.4 Å². The second kappa shape index (κ2) is 5.28. The summed E-state index contributed by atoms with van der Waals surface area (Å²) in [4.78, 5) is 16.0. The summed E-state index contributed by atoms with van der Waals surface area (Å²) in [5.74, 6) is 0.478. The Kier molecular flexibility index (Phi) is 3.95. The van der Waals surface area contributed by atoms with E-state index in [4.69, 9.17) is 0 Å². The summed E-state index contributed by atoms with van der Waals surface area (Å²) in [5, 5.41) is 9.30. The van der Waals surface area contributed by atoms with Gasteiger partial charge in [0, 0.05) is 0 Å². The van der Waals surface area contributed by atoms with Crippen LogP contribution in [0.25, 0.3) is 0 Å². The molecule has 90 valence electrons. The molecule has 0 aliphatic rings. The van der Waals surface area contributed by atoms with Crippen molar-refractivity contribution in [3.8, 4) is 0 Å². The van der Waals surface area contributed by atoms with E-state index in [0.29, 0.717) is 11.4 Å². The minimum atomic E-state index is -0.212. The van der Waals surface area contributed by atoms with Crippen molar-refractivity contribution in [2.24, 2.45) is 0 Å². The van der Waals surface area contributed by atoms with Gasteiger partial charge in [0.1, 0.15) is 12.2 Å². The first kappa shape index (κ1) is 12.7. The van der Waals surface area contributed by atoms with Crippen LogP contribution in [0.15, 0.2) is 20.0 Å². The molecule has 2 rings (SSSR count). The third-order valence-corrected chi connectivity index (χ3v) is 4.43. The topological polar surface area (TPSA) is 70.7 Å². The fourth-order valence-electron chi connectivity index (χ4n) is 1.26. The van der Waals surface area contributed by atoms with Gasteiger partial charge in [-0.25, -0.2) is 4.98 Å². The van der Waals surface area contributed by atoms with Crippen molar-refractivity contribution in [2.45, 2.75) is 13.0 Å². The highest BCUT2D eigenvalue weighted by molar-refractivity contribution is 9.12. The number of H-pyrrole nitrogens is 1. The van der Waals surface area contributed by atoms with E-state index >= 15 is 0 Å². The number of nitrogens with zero attached hydrogens (tertiary/aromatic N) is 2. The van der Waals surface area contributed by atoms with E-state index in [0.717, 1.165) is 7.57 Å². The van der Waals surface area contributed by atoms with Crippen molar-refractivity contribution >= 4 is 49.1 Å². The molecule has 5 nitrogen and oxygen atoms in total. The van der Waals surface area contributed by atoms with Gasteiger partial charge in [-0.05, 0) is 44.8 Å². The van der Waals surface area contributed by atoms with Gasteiger partial charge in [-0.2, -0.15) is 5.10 Å². The van der Waals surface area contributed by atoms with Crippen LogP contribution in [-0.2, 0) is 0 Å². The van der Waals surface area contributed by atoms with Gasteiger partial charge < -0.3 is 5.32 Å². The Morgan fingerprint density at radius 3 is 2.88 bits per heavy atom. The second-order valence-corrected chi connectivity index (χ2v) is 7.05. The quantitative estimate of drug-likeness (QED) is 0.861. The van der Waals surface area contributed by atoms with Crippen LogP contribution in [0.1, 0.15) is 29.1 Å². The average Bonchev–Trinajstić information content (AvgIpc) is 2.87. The molecule has 17 heavy (non-hydrogen) atoms. The first-order chi connectivity index (χ1) is 8.08. The van der Waals surface area contributed by atoms with Crippen LogP contribution >= 0.6 is 43.2 Å². The highest BCUT2D eigenvalue weighted by Crippen LogP contribution is 2.31. The second-order valence-electron chi connectivity index (χ2n) is 3.30. The number of hydrogen-bond acceptors (Lipinski definition) is 4. The maximum absolute atomic E-state index is 12.0. The Morgan fingerprint density at radius 2 is 2.35 bits per heavy atom. The van der Waals surface area contributed by atoms with Crippen molar-refractivity contribution in [1.29, 1.82) is 0 Å². The molecule has 0 radical (unpaired) electrons. The zero-order valence-corrected chi connectivity index (χ0v) is 12.7. The van der Waals surface area contributed by atoms with Gasteiger partial charge in [0.15, 0.2) is 0 Å². The van der Waals surface area contributed by atoms with Gasteiger partial charge >= 0.3 is 0 Å². The molecule has 0 bridgehead atoms. The number of carbonyl (C=O) groups excluding carboxylic acids is 1. The lowest BCUT2D eigenvalue weighted by atomic mass is 10.2. The van der Waals surface area contributed by atoms with Gasteiger partial charge in [0.2, 0.25) is 0 Å². The normalized spacial score (nSPS) is 12.4. The molecular formula is C9H8Br2N4OS. The molecule has 1 atom stereocenters. The van der Waals surface area contributed by atoms with Crippen LogP contribution in [0.3, 0.4) is 0 Å². The molecule has 0 aliphatic heterocycles. The fourth-order valence-corrected chi connectivity index (χ4v) is 4.05. The molecule has 0 spiro atoms. The summed E-state index contributed by atoms with van der Waals surface area (Å²) in [6, 6.07) is 1.56. The lowest BCUT2D eigenvalue weighted by Crippen LogP contribution is -2.27. The first-order valence-corrected chi connectivity index (χ1v) is 7.09. The minimum Gasteiger partial charge on any atom is -0.342 e. The van der Waals surface area contributed by atoms with Crippen LogP contribution in [0.4, 0.5) is 0 Å². The fraction of sp³-hybridized carbons (Fsp3) is 0.222. The van der Waals surface area contributed by atoms with Crippen molar-refractivity contribution in [3.63, 3.8) is 0 Å². The zero-order valence-electron chi connectivity index (χ0n) is 8.70. The summed E-state index contributed by atoms with van der Waals surface area (Å²) in [5.41, 5.74) is 0.605. The largest absolute Gasteiger partial charge is 0.342 e. The Bertz CT molecular complexity index is 525. The molecule has 0 saturated carbocycles. The average molecular weight is 380 g/mol. The van der Waals surface area contributed by atoms with Crippen LogP contribution in [0.2, 0.25) is 0 Å². The van der Waals surface area contributed by atoms with E-state index in [1.54, 1.807) is 6.07 Å². The summed E-state index contributed by atoms with van der Waals surface area (Å²) in [6.45, 7) is 1.84. The molecule has 2 aromatic rings. The summed E-state index contributed by atoms with van der Waals surface area (Å²) in [6.07, 6.45) is 1.41. The number of halogens is 2. The molecular weight excluding hydrogens is 372 g/mol. The summed E-state index contributed by atoms with van der Waals surface area (Å²) in [7, 11) is 0. The first-order valence-electron chi connectivity index (χ1n) is 4.69. The lowest BCUT2D eigenvalue weighted by Gasteiger charge is -2.10. The van der Waals surface area contributed by atoms with Crippen molar-refractivity contribution < 1.29 is 4.79 Å². The Balaban J connectivity index is 2.09. The standard InChI is InChI=1S/C9H8Br2N4OS/c1-4(8-12-3-13-15-8)14-9(16)5-2-6(10)17-7(5)11/h2-4H,1H3,(H,14,16)(H,12,13,15). The number of aromatic nitrogens is 3. The molecule has 1 unspecified atom stereocenters. The molecule has 2 N–H and O–H groups in total. The Morgan fingerprint density at radius 1 is 1.59 bits per heavy atom. The zero-order chi connectivity index (χ0) is 12.4.